The molecule has 0 aromatic carbocycles. The van der Waals surface area contributed by atoms with Crippen LogP contribution in [-0.2, 0) is 5.60 Å². The van der Waals surface area contributed by atoms with Crippen LogP contribution >= 0.6 is 15.9 Å². The van der Waals surface area contributed by atoms with Gasteiger partial charge in [0.05, 0.1) is 6.20 Å². The Balaban J connectivity index is 2.96. The molecule has 0 amide bonds. The molecule has 10 heavy (non-hydrogen) atoms. The van der Waals surface area contributed by atoms with Crippen LogP contribution in [0.15, 0.2) is 10.8 Å². The minimum atomic E-state index is -0.883. The Morgan fingerprint density at radius 2 is 2.30 bits per heavy atom. The number of aromatic nitrogens is 2. The van der Waals surface area contributed by atoms with Crippen molar-refractivity contribution >= 4 is 15.9 Å². The molecule has 0 spiro atoms. The fourth-order valence-corrected chi connectivity index (χ4v) is 0.900. The first-order valence-corrected chi connectivity index (χ1v) is 3.73. The van der Waals surface area contributed by atoms with Crippen LogP contribution in [0.5, 0.6) is 0 Å². The zero-order valence-electron chi connectivity index (χ0n) is 5.85. The van der Waals surface area contributed by atoms with Crippen LogP contribution in [0.3, 0.4) is 0 Å². The standard InChI is InChI=1S/C6H9BrN2O/c1-6(2,10)5-8-3-4(7)9-5/h3,10H,1-2H3,(H,8,9). The lowest BCUT2D eigenvalue weighted by Crippen LogP contribution is -2.17. The summed E-state index contributed by atoms with van der Waals surface area (Å²) in [5.41, 5.74) is -0.883. The first-order chi connectivity index (χ1) is 4.50. The van der Waals surface area contributed by atoms with Crippen LogP contribution in [0.4, 0.5) is 0 Å². The quantitative estimate of drug-likeness (QED) is 0.727. The highest BCUT2D eigenvalue weighted by Gasteiger charge is 2.18. The topological polar surface area (TPSA) is 48.9 Å². The van der Waals surface area contributed by atoms with Gasteiger partial charge < -0.3 is 10.1 Å². The van der Waals surface area contributed by atoms with E-state index in [0.29, 0.717) is 5.82 Å². The van der Waals surface area contributed by atoms with Gasteiger partial charge in [0.25, 0.3) is 0 Å². The van der Waals surface area contributed by atoms with Gasteiger partial charge in [0.15, 0.2) is 0 Å². The molecule has 0 saturated carbocycles. The molecule has 0 radical (unpaired) electrons. The molecule has 0 aliphatic heterocycles. The van der Waals surface area contributed by atoms with Gasteiger partial charge in [0.2, 0.25) is 0 Å². The molecule has 0 bridgehead atoms. The minimum Gasteiger partial charge on any atom is -0.383 e. The molecule has 0 fully saturated rings. The summed E-state index contributed by atoms with van der Waals surface area (Å²) < 4.78 is 0.782. The summed E-state index contributed by atoms with van der Waals surface area (Å²) >= 11 is 3.20. The van der Waals surface area contributed by atoms with Crippen LogP contribution in [0.1, 0.15) is 19.7 Å². The van der Waals surface area contributed by atoms with E-state index in [0.717, 1.165) is 4.60 Å². The second-order valence-electron chi connectivity index (χ2n) is 2.64. The van der Waals surface area contributed by atoms with E-state index < -0.39 is 5.60 Å². The Kier molecular flexibility index (Phi) is 1.83. The lowest BCUT2D eigenvalue weighted by atomic mass is 10.1. The summed E-state index contributed by atoms with van der Waals surface area (Å²) in [7, 11) is 0. The predicted octanol–water partition coefficient (Wildman–Crippen LogP) is 1.40. The average Bonchev–Trinajstić information content (AvgIpc) is 2.11. The first-order valence-electron chi connectivity index (χ1n) is 2.93. The molecule has 3 nitrogen and oxygen atoms in total. The summed E-state index contributed by atoms with van der Waals surface area (Å²) in [6, 6.07) is 0. The smallest absolute Gasteiger partial charge is 0.138 e. The highest BCUT2D eigenvalue weighted by molar-refractivity contribution is 9.10. The molecule has 0 unspecified atom stereocenters. The molecular formula is C6H9BrN2O. The fourth-order valence-electron chi connectivity index (χ4n) is 0.610. The number of hydrogen-bond acceptors (Lipinski definition) is 2. The number of nitrogens with zero attached hydrogens (tertiary/aromatic N) is 1. The van der Waals surface area contributed by atoms with E-state index in [1.165, 1.54) is 0 Å². The van der Waals surface area contributed by atoms with E-state index >= 15 is 0 Å². The lowest BCUT2D eigenvalue weighted by molar-refractivity contribution is 0.0696. The van der Waals surface area contributed by atoms with Crippen LogP contribution in [0, 0.1) is 0 Å². The zero-order valence-corrected chi connectivity index (χ0v) is 7.44. The maximum absolute atomic E-state index is 9.39. The Bertz CT molecular complexity index is 226. The van der Waals surface area contributed by atoms with Gasteiger partial charge in [0.1, 0.15) is 16.0 Å². The summed E-state index contributed by atoms with van der Waals surface area (Å²) in [6.45, 7) is 3.36. The van der Waals surface area contributed by atoms with Crippen LogP contribution in [0.2, 0.25) is 0 Å². The largest absolute Gasteiger partial charge is 0.383 e. The van der Waals surface area contributed by atoms with Gasteiger partial charge in [-0.1, -0.05) is 0 Å². The van der Waals surface area contributed by atoms with E-state index in [1.54, 1.807) is 20.0 Å². The fraction of sp³-hybridized carbons (Fsp3) is 0.500. The van der Waals surface area contributed by atoms with Crippen molar-refractivity contribution in [2.75, 3.05) is 0 Å². The number of rotatable bonds is 1. The Morgan fingerprint density at radius 1 is 1.70 bits per heavy atom. The number of aliphatic hydroxyl groups is 1. The third kappa shape index (κ3) is 1.58. The molecule has 1 aromatic heterocycles. The number of imidazole rings is 1. The summed E-state index contributed by atoms with van der Waals surface area (Å²) in [5.74, 6) is 0.569. The number of halogens is 1. The van der Waals surface area contributed by atoms with Crippen LogP contribution < -0.4 is 0 Å². The third-order valence-electron chi connectivity index (χ3n) is 1.12. The molecule has 0 aliphatic carbocycles. The third-order valence-corrected chi connectivity index (χ3v) is 1.53. The summed E-state index contributed by atoms with van der Waals surface area (Å²) in [5, 5.41) is 9.39. The zero-order chi connectivity index (χ0) is 7.78. The van der Waals surface area contributed by atoms with Crippen LogP contribution in [0.25, 0.3) is 0 Å². The van der Waals surface area contributed by atoms with E-state index in [1.807, 2.05) is 0 Å². The SMILES string of the molecule is CC(C)(O)c1ncc(Br)[nH]1. The highest BCUT2D eigenvalue weighted by Crippen LogP contribution is 2.17. The molecule has 1 heterocycles. The lowest BCUT2D eigenvalue weighted by Gasteiger charge is -2.12. The summed E-state index contributed by atoms with van der Waals surface area (Å²) in [4.78, 5) is 6.81. The molecule has 1 rings (SSSR count). The minimum absolute atomic E-state index is 0.569. The second kappa shape index (κ2) is 2.36. The van der Waals surface area contributed by atoms with E-state index in [9.17, 15) is 5.11 Å². The van der Waals surface area contributed by atoms with Crippen molar-refractivity contribution in [3.8, 4) is 0 Å². The van der Waals surface area contributed by atoms with Gasteiger partial charge in [-0.2, -0.15) is 0 Å². The maximum atomic E-state index is 9.39. The molecule has 4 heteroatoms. The van der Waals surface area contributed by atoms with Crippen molar-refractivity contribution in [2.24, 2.45) is 0 Å². The van der Waals surface area contributed by atoms with Crippen molar-refractivity contribution in [2.45, 2.75) is 19.4 Å². The van der Waals surface area contributed by atoms with Gasteiger partial charge in [0, 0.05) is 0 Å². The summed E-state index contributed by atoms with van der Waals surface area (Å²) in [6.07, 6.45) is 1.62. The van der Waals surface area contributed by atoms with Crippen LogP contribution in [-0.4, -0.2) is 15.1 Å². The maximum Gasteiger partial charge on any atom is 0.138 e. The van der Waals surface area contributed by atoms with Crippen molar-refractivity contribution in [1.29, 1.82) is 0 Å². The normalized spacial score (nSPS) is 12.0. The Labute approximate surface area is 67.6 Å². The predicted molar refractivity (Wildman–Crippen MR) is 41.5 cm³/mol. The van der Waals surface area contributed by atoms with Crippen molar-refractivity contribution in [3.05, 3.63) is 16.6 Å². The van der Waals surface area contributed by atoms with E-state index in [4.69, 9.17) is 0 Å². The van der Waals surface area contributed by atoms with E-state index in [2.05, 4.69) is 25.9 Å². The Hall–Kier alpha value is -0.350. The molecule has 2 N–H and O–H groups in total. The molecule has 0 atom stereocenters. The van der Waals surface area contributed by atoms with Gasteiger partial charge in [-0.3, -0.25) is 0 Å². The number of hydrogen-bond donors (Lipinski definition) is 2. The molecule has 0 aliphatic rings. The highest BCUT2D eigenvalue weighted by atomic mass is 79.9. The number of nitrogens with one attached hydrogen (secondary N) is 1. The molecule has 0 saturated heterocycles. The van der Waals surface area contributed by atoms with Crippen molar-refractivity contribution < 1.29 is 5.11 Å². The average molecular weight is 205 g/mol. The monoisotopic (exact) mass is 204 g/mol. The van der Waals surface area contributed by atoms with Crippen molar-refractivity contribution in [3.63, 3.8) is 0 Å². The van der Waals surface area contributed by atoms with Crippen molar-refractivity contribution in [1.82, 2.24) is 9.97 Å². The van der Waals surface area contributed by atoms with Gasteiger partial charge in [-0.05, 0) is 29.8 Å². The van der Waals surface area contributed by atoms with Gasteiger partial charge in [-0.15, -0.1) is 0 Å². The van der Waals surface area contributed by atoms with E-state index in [-0.39, 0.29) is 0 Å². The van der Waals surface area contributed by atoms with Gasteiger partial charge in [-0.25, -0.2) is 4.98 Å². The van der Waals surface area contributed by atoms with Gasteiger partial charge >= 0.3 is 0 Å². The Morgan fingerprint density at radius 3 is 2.50 bits per heavy atom. The number of aromatic amines is 1. The first kappa shape index (κ1) is 7.75. The second-order valence-corrected chi connectivity index (χ2v) is 3.49. The number of H-pyrrole nitrogens is 1. The molecule has 1 aromatic rings. The molecule has 56 valence electrons. The molecular weight excluding hydrogens is 196 g/mol.